The molecule has 0 unspecified atom stereocenters. The van der Waals surface area contributed by atoms with Crippen molar-refractivity contribution in [3.8, 4) is 0 Å². The van der Waals surface area contributed by atoms with Crippen molar-refractivity contribution < 1.29 is 27.7 Å². The maximum absolute atomic E-state index is 12.8. The molecule has 0 fully saturated rings. The third-order valence-corrected chi connectivity index (χ3v) is 7.20. The zero-order valence-electron chi connectivity index (χ0n) is 18.1. The van der Waals surface area contributed by atoms with Gasteiger partial charge in [0.2, 0.25) is 5.91 Å². The first-order chi connectivity index (χ1) is 15.6. The summed E-state index contributed by atoms with van der Waals surface area (Å²) in [7, 11) is -4.01. The van der Waals surface area contributed by atoms with Gasteiger partial charge in [-0.05, 0) is 43.0 Å². The van der Waals surface area contributed by atoms with Crippen LogP contribution in [0.3, 0.4) is 0 Å². The third-order valence-electron chi connectivity index (χ3n) is 5.09. The van der Waals surface area contributed by atoms with E-state index in [9.17, 15) is 23.4 Å². The van der Waals surface area contributed by atoms with Gasteiger partial charge in [-0.1, -0.05) is 19.1 Å². The van der Waals surface area contributed by atoms with Gasteiger partial charge in [0, 0.05) is 11.6 Å². The van der Waals surface area contributed by atoms with E-state index in [1.165, 1.54) is 34.6 Å². The molecule has 2 aromatic rings. The molecule has 1 amide bonds. The molecule has 0 saturated heterocycles. The largest absolute Gasteiger partial charge is 0.374 e. The van der Waals surface area contributed by atoms with Crippen LogP contribution in [0.15, 0.2) is 46.3 Å². The number of nitrogens with one attached hydrogen (secondary N) is 2. The smallest absolute Gasteiger partial charge is 0.312 e. The topological polar surface area (TPSA) is 167 Å². The van der Waals surface area contributed by atoms with Crippen molar-refractivity contribution >= 4 is 27.4 Å². The van der Waals surface area contributed by atoms with Crippen LogP contribution in [0.4, 0.5) is 0 Å². The van der Waals surface area contributed by atoms with Crippen LogP contribution in [0, 0.1) is 0 Å². The molecule has 1 aliphatic rings. The zero-order valence-corrected chi connectivity index (χ0v) is 19.8. The van der Waals surface area contributed by atoms with Crippen molar-refractivity contribution in [2.24, 2.45) is 5.90 Å². The molecule has 1 aromatic heterocycles. The molecule has 0 spiro atoms. The van der Waals surface area contributed by atoms with Crippen molar-refractivity contribution in [2.75, 3.05) is 6.54 Å². The zero-order chi connectivity index (χ0) is 24.2. The monoisotopic (exact) mass is 497 g/mol. The number of hydrogen-bond donors (Lipinski definition) is 5. The van der Waals surface area contributed by atoms with E-state index in [1.807, 2.05) is 12.3 Å². The van der Waals surface area contributed by atoms with Crippen LogP contribution in [0.5, 0.6) is 0 Å². The highest BCUT2D eigenvalue weighted by molar-refractivity contribution is 7.86. The Labute approximate surface area is 196 Å². The number of aliphatic hydroxyl groups excluding tert-OH is 2. The predicted octanol–water partition coefficient (Wildman–Crippen LogP) is 0.0878. The Morgan fingerprint density at radius 1 is 1.36 bits per heavy atom. The number of hydrogen-bond acceptors (Lipinski definition) is 11. The minimum absolute atomic E-state index is 0.0761. The van der Waals surface area contributed by atoms with E-state index in [0.29, 0.717) is 17.0 Å². The number of nitrogens with two attached hydrogens (primary N) is 1. The summed E-state index contributed by atoms with van der Waals surface area (Å²) in [5, 5.41) is 28.0. The summed E-state index contributed by atoms with van der Waals surface area (Å²) in [5.74, 6) is 4.46. The van der Waals surface area contributed by atoms with Crippen molar-refractivity contribution in [3.05, 3.63) is 57.7 Å². The van der Waals surface area contributed by atoms with E-state index in [1.54, 1.807) is 19.1 Å². The van der Waals surface area contributed by atoms with E-state index in [-0.39, 0.29) is 17.3 Å². The fraction of sp³-hybridized carbons (Fsp3) is 0.400. The number of aryl methyl sites for hydroxylation is 1. The standard InChI is InChI=1S/C20H27N5O6S2/c1-3-14-11-32-19(22-14)16(8-13-4-6-15(7-5-13)33(29,30)31-21)23-17(26)10-25-9-12(2)18(27)24-20(25)28/h4-7,9,11,16,18,20,24,27-28H,3,8,10,21H2,1-2H3,(H,23,26)/t16-,18-,20-/m0/s1. The molecule has 11 nitrogen and oxygen atoms in total. The Kier molecular flexibility index (Phi) is 8.18. The van der Waals surface area contributed by atoms with Crippen LogP contribution in [0.25, 0.3) is 0 Å². The molecule has 1 aliphatic heterocycles. The second-order valence-corrected chi connectivity index (χ2v) is 10.00. The fourth-order valence-corrected chi connectivity index (χ4v) is 4.77. The summed E-state index contributed by atoms with van der Waals surface area (Å²) < 4.78 is 27.5. The molecule has 180 valence electrons. The number of carbonyl (C=O) groups is 1. The molecule has 6 N–H and O–H groups in total. The molecule has 13 heteroatoms. The van der Waals surface area contributed by atoms with Gasteiger partial charge in [-0.25, -0.2) is 10.3 Å². The lowest BCUT2D eigenvalue weighted by molar-refractivity contribution is -0.126. The lowest BCUT2D eigenvalue weighted by Gasteiger charge is -2.34. The Bertz CT molecular complexity index is 1100. The summed E-state index contributed by atoms with van der Waals surface area (Å²) in [6.07, 6.45) is 0.448. The number of rotatable bonds is 9. The van der Waals surface area contributed by atoms with Crippen molar-refractivity contribution in [1.82, 2.24) is 20.5 Å². The number of benzene rings is 1. The Hall–Kier alpha value is -2.39. The molecular weight excluding hydrogens is 470 g/mol. The average molecular weight is 498 g/mol. The summed E-state index contributed by atoms with van der Waals surface area (Å²) in [4.78, 5) is 18.7. The fourth-order valence-electron chi connectivity index (χ4n) is 3.24. The first-order valence-corrected chi connectivity index (χ1v) is 12.4. The van der Waals surface area contributed by atoms with E-state index in [2.05, 4.69) is 19.9 Å². The number of aliphatic hydroxyl groups is 2. The molecular formula is C20H27N5O6S2. The van der Waals surface area contributed by atoms with E-state index in [0.717, 1.165) is 17.7 Å². The number of amides is 1. The van der Waals surface area contributed by atoms with Gasteiger partial charge in [0.15, 0.2) is 6.35 Å². The van der Waals surface area contributed by atoms with Gasteiger partial charge in [0.1, 0.15) is 17.8 Å². The van der Waals surface area contributed by atoms with Gasteiger partial charge in [0.05, 0.1) is 16.6 Å². The number of carbonyl (C=O) groups excluding carboxylic acids is 1. The highest BCUT2D eigenvalue weighted by Gasteiger charge is 2.26. The van der Waals surface area contributed by atoms with Gasteiger partial charge in [-0.3, -0.25) is 4.79 Å². The van der Waals surface area contributed by atoms with E-state index < -0.39 is 28.7 Å². The second kappa shape index (κ2) is 10.7. The highest BCUT2D eigenvalue weighted by Crippen LogP contribution is 2.24. The van der Waals surface area contributed by atoms with Gasteiger partial charge >= 0.3 is 10.1 Å². The quantitative estimate of drug-likeness (QED) is 0.300. The van der Waals surface area contributed by atoms with Gasteiger partial charge in [-0.15, -0.1) is 11.3 Å². The van der Waals surface area contributed by atoms with Crippen LogP contribution in [0.1, 0.15) is 36.2 Å². The summed E-state index contributed by atoms with van der Waals surface area (Å²) >= 11 is 1.42. The first kappa shape index (κ1) is 25.2. The molecule has 0 saturated carbocycles. The Morgan fingerprint density at radius 3 is 2.67 bits per heavy atom. The maximum Gasteiger partial charge on any atom is 0.312 e. The number of thiazole rings is 1. The highest BCUT2D eigenvalue weighted by atomic mass is 32.2. The van der Waals surface area contributed by atoms with Crippen LogP contribution < -0.4 is 16.5 Å². The third kappa shape index (κ3) is 6.35. The van der Waals surface area contributed by atoms with E-state index >= 15 is 0 Å². The average Bonchev–Trinajstić information content (AvgIpc) is 3.27. The van der Waals surface area contributed by atoms with Crippen molar-refractivity contribution in [2.45, 2.75) is 50.2 Å². The molecule has 1 aromatic carbocycles. The lowest BCUT2D eigenvalue weighted by atomic mass is 10.1. The second-order valence-electron chi connectivity index (χ2n) is 7.54. The summed E-state index contributed by atoms with van der Waals surface area (Å²) in [6, 6.07) is 5.52. The molecule has 0 bridgehead atoms. The number of aromatic nitrogens is 1. The number of nitrogens with zero attached hydrogens (tertiary/aromatic N) is 2. The normalized spacial score (nSPS) is 19.8. The molecule has 33 heavy (non-hydrogen) atoms. The van der Waals surface area contributed by atoms with Crippen LogP contribution >= 0.6 is 11.3 Å². The van der Waals surface area contributed by atoms with Crippen molar-refractivity contribution in [1.29, 1.82) is 0 Å². The molecule has 0 aliphatic carbocycles. The van der Waals surface area contributed by atoms with Gasteiger partial charge in [0.25, 0.3) is 0 Å². The van der Waals surface area contributed by atoms with E-state index in [4.69, 9.17) is 5.90 Å². The Balaban J connectivity index is 1.77. The maximum atomic E-state index is 12.8. The Morgan fingerprint density at radius 2 is 2.06 bits per heavy atom. The predicted molar refractivity (Wildman–Crippen MR) is 121 cm³/mol. The van der Waals surface area contributed by atoms with Crippen molar-refractivity contribution in [3.63, 3.8) is 0 Å². The lowest BCUT2D eigenvalue weighted by Crippen LogP contribution is -2.54. The molecule has 3 atom stereocenters. The molecule has 0 radical (unpaired) electrons. The molecule has 2 heterocycles. The minimum atomic E-state index is -4.01. The SMILES string of the molecule is CCc1csc([C@H](Cc2ccc(S(=O)(=O)ON)cc2)NC(=O)CN2C=C(C)[C@H](O)N[C@@H]2O)n1. The molecule has 3 rings (SSSR count). The van der Waals surface area contributed by atoms with Crippen LogP contribution in [-0.2, 0) is 32.0 Å². The summed E-state index contributed by atoms with van der Waals surface area (Å²) in [5.41, 5.74) is 2.23. The van der Waals surface area contributed by atoms with Gasteiger partial charge in [-0.2, -0.15) is 18.6 Å². The van der Waals surface area contributed by atoms with Crippen LogP contribution in [0.2, 0.25) is 0 Å². The van der Waals surface area contributed by atoms with Crippen LogP contribution in [-0.4, -0.2) is 53.5 Å². The van der Waals surface area contributed by atoms with Gasteiger partial charge < -0.3 is 20.4 Å². The minimum Gasteiger partial charge on any atom is -0.374 e. The summed E-state index contributed by atoms with van der Waals surface area (Å²) in [6.45, 7) is 3.52. The first-order valence-electron chi connectivity index (χ1n) is 10.1.